The van der Waals surface area contributed by atoms with Crippen LogP contribution in [0, 0.1) is 11.7 Å². The largest absolute Gasteiger partial charge is 0.369 e. The van der Waals surface area contributed by atoms with Crippen molar-refractivity contribution in [3.05, 3.63) is 40.7 Å². The number of hydrogen-bond acceptors (Lipinski definition) is 2. The Morgan fingerprint density at radius 1 is 1.33 bits per heavy atom. The monoisotopic (exact) mass is 310 g/mol. The molecular formula is C15H16ClFN2O2. The van der Waals surface area contributed by atoms with Crippen LogP contribution >= 0.6 is 11.6 Å². The lowest BCUT2D eigenvalue weighted by atomic mass is 9.96. The van der Waals surface area contributed by atoms with Crippen LogP contribution in [0.4, 0.5) is 4.39 Å². The Balaban J connectivity index is 1.99. The molecule has 1 aliphatic heterocycles. The molecule has 1 saturated heterocycles. The van der Waals surface area contributed by atoms with E-state index in [0.29, 0.717) is 25.9 Å². The summed E-state index contributed by atoms with van der Waals surface area (Å²) in [6.45, 7) is 0.948. The summed E-state index contributed by atoms with van der Waals surface area (Å²) < 4.78 is 13.6. The number of nitrogens with zero attached hydrogens (tertiary/aromatic N) is 1. The standard InChI is InChI=1S/C15H16ClFN2O2/c16-12-2-1-3-13(17)11(12)4-5-14(20)19-8-6-10(7-9-19)15(18)21/h1-5,10H,6-9H2,(H2,18,21). The maximum atomic E-state index is 13.6. The SMILES string of the molecule is NC(=O)C1CCN(C(=O)C=Cc2c(F)cccc2Cl)CC1. The predicted octanol–water partition coefficient (Wildman–Crippen LogP) is 2.22. The molecule has 4 nitrogen and oxygen atoms in total. The lowest BCUT2D eigenvalue weighted by molar-refractivity contribution is -0.130. The second-order valence-corrected chi connectivity index (χ2v) is 5.38. The summed E-state index contributed by atoms with van der Waals surface area (Å²) >= 11 is 5.89. The predicted molar refractivity (Wildman–Crippen MR) is 78.9 cm³/mol. The Morgan fingerprint density at radius 2 is 2.00 bits per heavy atom. The first-order valence-electron chi connectivity index (χ1n) is 6.69. The number of carbonyl (C=O) groups is 2. The topological polar surface area (TPSA) is 63.4 Å². The van der Waals surface area contributed by atoms with Crippen molar-refractivity contribution in [3.8, 4) is 0 Å². The fourth-order valence-corrected chi connectivity index (χ4v) is 2.54. The smallest absolute Gasteiger partial charge is 0.246 e. The van der Waals surface area contributed by atoms with Gasteiger partial charge in [-0.2, -0.15) is 0 Å². The first kappa shape index (κ1) is 15.5. The number of nitrogens with two attached hydrogens (primary N) is 1. The molecule has 0 unspecified atom stereocenters. The fourth-order valence-electron chi connectivity index (χ4n) is 2.31. The van der Waals surface area contributed by atoms with Gasteiger partial charge in [-0.25, -0.2) is 4.39 Å². The van der Waals surface area contributed by atoms with Gasteiger partial charge in [0.25, 0.3) is 0 Å². The van der Waals surface area contributed by atoms with Gasteiger partial charge in [-0.15, -0.1) is 0 Å². The molecule has 2 N–H and O–H groups in total. The molecule has 0 aliphatic carbocycles. The van der Waals surface area contributed by atoms with Crippen LogP contribution in [-0.4, -0.2) is 29.8 Å². The molecular weight excluding hydrogens is 295 g/mol. The molecule has 1 aromatic carbocycles. The number of rotatable bonds is 3. The minimum absolute atomic E-state index is 0.168. The molecule has 0 radical (unpaired) electrons. The van der Waals surface area contributed by atoms with Gasteiger partial charge in [0.05, 0.1) is 5.02 Å². The Labute approximate surface area is 127 Å². The highest BCUT2D eigenvalue weighted by Crippen LogP contribution is 2.21. The second kappa shape index (κ2) is 6.72. The van der Waals surface area contributed by atoms with E-state index in [2.05, 4.69) is 0 Å². The van der Waals surface area contributed by atoms with Crippen molar-refractivity contribution < 1.29 is 14.0 Å². The lowest BCUT2D eigenvalue weighted by Gasteiger charge is -2.29. The molecule has 0 saturated carbocycles. The van der Waals surface area contributed by atoms with Gasteiger partial charge < -0.3 is 10.6 Å². The molecule has 1 aliphatic rings. The van der Waals surface area contributed by atoms with Gasteiger partial charge in [-0.1, -0.05) is 17.7 Å². The highest BCUT2D eigenvalue weighted by Gasteiger charge is 2.24. The van der Waals surface area contributed by atoms with Crippen molar-refractivity contribution in [3.63, 3.8) is 0 Å². The van der Waals surface area contributed by atoms with Crippen molar-refractivity contribution in [2.45, 2.75) is 12.8 Å². The van der Waals surface area contributed by atoms with E-state index in [9.17, 15) is 14.0 Å². The van der Waals surface area contributed by atoms with Crippen molar-refractivity contribution >= 4 is 29.5 Å². The number of likely N-dealkylation sites (tertiary alicyclic amines) is 1. The third-order valence-corrected chi connectivity index (χ3v) is 3.93. The van der Waals surface area contributed by atoms with Crippen LogP contribution in [0.2, 0.25) is 5.02 Å². The third kappa shape index (κ3) is 3.82. The van der Waals surface area contributed by atoms with Gasteiger partial charge in [0.2, 0.25) is 11.8 Å². The van der Waals surface area contributed by atoms with Gasteiger partial charge in [0.1, 0.15) is 5.82 Å². The zero-order valence-corrected chi connectivity index (χ0v) is 12.1. The summed E-state index contributed by atoms with van der Waals surface area (Å²) in [5, 5.41) is 0.256. The number of halogens is 2. The maximum absolute atomic E-state index is 13.6. The lowest BCUT2D eigenvalue weighted by Crippen LogP contribution is -2.41. The van der Waals surface area contributed by atoms with E-state index >= 15 is 0 Å². The van der Waals surface area contributed by atoms with E-state index in [4.69, 9.17) is 17.3 Å². The minimum atomic E-state index is -0.473. The van der Waals surface area contributed by atoms with Gasteiger partial charge in [-0.05, 0) is 31.1 Å². The molecule has 112 valence electrons. The number of amides is 2. The number of piperidine rings is 1. The van der Waals surface area contributed by atoms with E-state index in [1.165, 1.54) is 24.3 Å². The van der Waals surface area contributed by atoms with Crippen LogP contribution in [0.1, 0.15) is 18.4 Å². The van der Waals surface area contributed by atoms with E-state index in [-0.39, 0.29) is 28.3 Å². The van der Waals surface area contributed by atoms with Crippen molar-refractivity contribution in [1.82, 2.24) is 4.90 Å². The molecule has 0 atom stereocenters. The number of carbonyl (C=O) groups excluding carboxylic acids is 2. The first-order valence-corrected chi connectivity index (χ1v) is 7.07. The quantitative estimate of drug-likeness (QED) is 0.870. The van der Waals surface area contributed by atoms with E-state index in [0.717, 1.165) is 0 Å². The van der Waals surface area contributed by atoms with E-state index in [1.807, 2.05) is 0 Å². The van der Waals surface area contributed by atoms with Crippen molar-refractivity contribution in [1.29, 1.82) is 0 Å². The maximum Gasteiger partial charge on any atom is 0.246 e. The number of hydrogen-bond donors (Lipinski definition) is 1. The molecule has 1 aromatic rings. The Bertz CT molecular complexity index is 561. The molecule has 0 spiro atoms. The summed E-state index contributed by atoms with van der Waals surface area (Å²) in [7, 11) is 0. The van der Waals surface area contributed by atoms with Crippen LogP contribution in [0.5, 0.6) is 0 Å². The minimum Gasteiger partial charge on any atom is -0.369 e. The average Bonchev–Trinajstić information content (AvgIpc) is 2.46. The van der Waals surface area contributed by atoms with Crippen LogP contribution in [0.15, 0.2) is 24.3 Å². The zero-order valence-electron chi connectivity index (χ0n) is 11.4. The highest BCUT2D eigenvalue weighted by atomic mass is 35.5. The third-order valence-electron chi connectivity index (χ3n) is 3.60. The second-order valence-electron chi connectivity index (χ2n) is 4.97. The average molecular weight is 311 g/mol. The molecule has 0 bridgehead atoms. The first-order chi connectivity index (χ1) is 9.99. The van der Waals surface area contributed by atoms with Crippen molar-refractivity contribution in [2.75, 3.05) is 13.1 Å². The zero-order chi connectivity index (χ0) is 15.4. The number of primary amides is 1. The van der Waals surface area contributed by atoms with Gasteiger partial charge in [0, 0.05) is 30.6 Å². The van der Waals surface area contributed by atoms with Gasteiger partial charge in [0.15, 0.2) is 0 Å². The Morgan fingerprint density at radius 3 is 2.57 bits per heavy atom. The molecule has 1 fully saturated rings. The Kier molecular flexibility index (Phi) is 4.96. The molecule has 2 amide bonds. The summed E-state index contributed by atoms with van der Waals surface area (Å²) in [6.07, 6.45) is 3.81. The van der Waals surface area contributed by atoms with E-state index in [1.54, 1.807) is 11.0 Å². The molecule has 21 heavy (non-hydrogen) atoms. The summed E-state index contributed by atoms with van der Waals surface area (Å²) in [4.78, 5) is 24.7. The van der Waals surface area contributed by atoms with Gasteiger partial charge >= 0.3 is 0 Å². The molecule has 6 heteroatoms. The van der Waals surface area contributed by atoms with Crippen LogP contribution in [-0.2, 0) is 9.59 Å². The molecule has 2 rings (SSSR count). The molecule has 1 heterocycles. The van der Waals surface area contributed by atoms with Crippen LogP contribution in [0.25, 0.3) is 6.08 Å². The normalized spacial score (nSPS) is 16.4. The number of benzene rings is 1. The van der Waals surface area contributed by atoms with E-state index < -0.39 is 5.82 Å². The highest BCUT2D eigenvalue weighted by molar-refractivity contribution is 6.32. The van der Waals surface area contributed by atoms with Gasteiger partial charge in [-0.3, -0.25) is 9.59 Å². The molecule has 0 aromatic heterocycles. The summed E-state index contributed by atoms with van der Waals surface area (Å²) in [6, 6.07) is 4.35. The van der Waals surface area contributed by atoms with Crippen LogP contribution < -0.4 is 5.73 Å². The Hall–Kier alpha value is -1.88. The van der Waals surface area contributed by atoms with Crippen LogP contribution in [0.3, 0.4) is 0 Å². The summed E-state index contributed by atoms with van der Waals surface area (Å²) in [5.41, 5.74) is 5.44. The fraction of sp³-hybridized carbons (Fsp3) is 0.333. The van der Waals surface area contributed by atoms with Crippen molar-refractivity contribution in [2.24, 2.45) is 11.7 Å². The summed E-state index contributed by atoms with van der Waals surface area (Å²) in [5.74, 6) is -1.19.